The standard InChI is InChI=1S/C18H16Cl2N4O3S2/c1-10-5-3-4-6-13(10)11(2)24-29(26,27)18-23-22-17(28-18)21-16(25)14-8-7-12(19)9-15(14)20/h3-9,11,24H,1-2H3,(H,21,22,25). The van der Waals surface area contributed by atoms with E-state index in [4.69, 9.17) is 23.2 Å². The molecule has 152 valence electrons. The second-order valence-electron chi connectivity index (χ2n) is 6.15. The van der Waals surface area contributed by atoms with Crippen LogP contribution >= 0.6 is 34.5 Å². The summed E-state index contributed by atoms with van der Waals surface area (Å²) in [4.78, 5) is 12.3. The average molecular weight is 471 g/mol. The van der Waals surface area contributed by atoms with Crippen molar-refractivity contribution in [2.24, 2.45) is 0 Å². The van der Waals surface area contributed by atoms with Gasteiger partial charge in [0.15, 0.2) is 0 Å². The van der Waals surface area contributed by atoms with Gasteiger partial charge < -0.3 is 0 Å². The van der Waals surface area contributed by atoms with E-state index < -0.39 is 22.0 Å². The van der Waals surface area contributed by atoms with Crippen LogP contribution in [-0.2, 0) is 10.0 Å². The summed E-state index contributed by atoms with van der Waals surface area (Å²) in [7, 11) is -3.92. The fraction of sp³-hybridized carbons (Fsp3) is 0.167. The molecule has 0 aliphatic heterocycles. The summed E-state index contributed by atoms with van der Waals surface area (Å²) < 4.78 is 27.6. The monoisotopic (exact) mass is 470 g/mol. The number of aromatic nitrogens is 2. The molecule has 0 aliphatic carbocycles. The Hall–Kier alpha value is -2.04. The lowest BCUT2D eigenvalue weighted by Crippen LogP contribution is -2.27. The molecule has 1 unspecified atom stereocenters. The quantitative estimate of drug-likeness (QED) is 0.518. The highest BCUT2D eigenvalue weighted by molar-refractivity contribution is 7.91. The van der Waals surface area contributed by atoms with Crippen molar-refractivity contribution < 1.29 is 13.2 Å². The molecular weight excluding hydrogens is 455 g/mol. The smallest absolute Gasteiger partial charge is 0.270 e. The van der Waals surface area contributed by atoms with Crippen LogP contribution in [0, 0.1) is 6.92 Å². The number of aryl methyl sites for hydroxylation is 1. The van der Waals surface area contributed by atoms with Crippen LogP contribution in [0.2, 0.25) is 10.0 Å². The molecule has 2 aromatic carbocycles. The molecular formula is C18H16Cl2N4O3S2. The molecule has 0 bridgehead atoms. The largest absolute Gasteiger partial charge is 0.296 e. The van der Waals surface area contributed by atoms with Crippen molar-refractivity contribution in [2.45, 2.75) is 24.2 Å². The van der Waals surface area contributed by atoms with E-state index in [1.165, 1.54) is 18.2 Å². The first kappa shape index (κ1) is 21.7. The number of hydrogen-bond acceptors (Lipinski definition) is 6. The van der Waals surface area contributed by atoms with E-state index in [1.54, 1.807) is 6.92 Å². The van der Waals surface area contributed by atoms with Crippen molar-refractivity contribution in [3.05, 3.63) is 69.2 Å². The van der Waals surface area contributed by atoms with Gasteiger partial charge in [-0.3, -0.25) is 10.1 Å². The summed E-state index contributed by atoms with van der Waals surface area (Å²) in [5.41, 5.74) is 2.00. The number of nitrogens with zero attached hydrogens (tertiary/aromatic N) is 2. The number of rotatable bonds is 6. The normalized spacial score (nSPS) is 12.6. The maximum absolute atomic E-state index is 12.6. The number of carbonyl (C=O) groups is 1. The topological polar surface area (TPSA) is 101 Å². The number of benzene rings is 2. The zero-order valence-corrected chi connectivity index (χ0v) is 18.5. The third-order valence-electron chi connectivity index (χ3n) is 4.02. The van der Waals surface area contributed by atoms with Gasteiger partial charge in [-0.1, -0.05) is 58.8 Å². The second-order valence-corrected chi connectivity index (χ2v) is 9.86. The molecule has 1 heterocycles. The Balaban J connectivity index is 1.74. The number of amides is 1. The fourth-order valence-electron chi connectivity index (χ4n) is 2.63. The molecule has 1 atom stereocenters. The Morgan fingerprint density at radius 1 is 1.14 bits per heavy atom. The van der Waals surface area contributed by atoms with Crippen LogP contribution in [0.5, 0.6) is 0 Å². The molecule has 3 aromatic rings. The number of sulfonamides is 1. The highest BCUT2D eigenvalue weighted by atomic mass is 35.5. The first-order valence-corrected chi connectivity index (χ1v) is 11.4. The summed E-state index contributed by atoms with van der Waals surface area (Å²) >= 11 is 12.6. The fourth-order valence-corrected chi connectivity index (χ4v) is 5.25. The Kier molecular flexibility index (Phi) is 6.55. The van der Waals surface area contributed by atoms with Gasteiger partial charge >= 0.3 is 0 Å². The van der Waals surface area contributed by atoms with E-state index in [9.17, 15) is 13.2 Å². The van der Waals surface area contributed by atoms with Gasteiger partial charge in [0.1, 0.15) is 0 Å². The van der Waals surface area contributed by atoms with Crippen LogP contribution in [0.15, 0.2) is 46.8 Å². The number of nitrogens with one attached hydrogen (secondary N) is 2. The van der Waals surface area contributed by atoms with E-state index in [0.29, 0.717) is 5.02 Å². The third-order valence-corrected chi connectivity index (χ3v) is 7.31. The van der Waals surface area contributed by atoms with Gasteiger partial charge in [0.2, 0.25) is 9.47 Å². The number of anilines is 1. The second kappa shape index (κ2) is 8.76. The van der Waals surface area contributed by atoms with Crippen molar-refractivity contribution in [3.8, 4) is 0 Å². The number of hydrogen-bond donors (Lipinski definition) is 2. The molecule has 3 rings (SSSR count). The third kappa shape index (κ3) is 5.12. The molecule has 1 amide bonds. The zero-order valence-electron chi connectivity index (χ0n) is 15.3. The van der Waals surface area contributed by atoms with E-state index in [2.05, 4.69) is 20.2 Å². The van der Waals surface area contributed by atoms with Gasteiger partial charge in [-0.05, 0) is 43.2 Å². The van der Waals surface area contributed by atoms with E-state index in [-0.39, 0.29) is 20.1 Å². The van der Waals surface area contributed by atoms with Crippen LogP contribution in [0.4, 0.5) is 5.13 Å². The van der Waals surface area contributed by atoms with Gasteiger partial charge in [0.05, 0.1) is 10.6 Å². The van der Waals surface area contributed by atoms with Crippen molar-refractivity contribution >= 4 is 55.6 Å². The molecule has 29 heavy (non-hydrogen) atoms. The molecule has 1 aromatic heterocycles. The summed E-state index contributed by atoms with van der Waals surface area (Å²) in [6.07, 6.45) is 0. The van der Waals surface area contributed by atoms with Crippen molar-refractivity contribution in [1.82, 2.24) is 14.9 Å². The van der Waals surface area contributed by atoms with Gasteiger partial charge in [-0.2, -0.15) is 0 Å². The maximum Gasteiger partial charge on any atom is 0.270 e. The molecule has 0 radical (unpaired) electrons. The molecule has 0 saturated heterocycles. The Morgan fingerprint density at radius 3 is 2.55 bits per heavy atom. The molecule has 0 fully saturated rings. The van der Waals surface area contributed by atoms with Crippen LogP contribution in [-0.4, -0.2) is 24.5 Å². The minimum Gasteiger partial charge on any atom is -0.296 e. The van der Waals surface area contributed by atoms with E-state index in [0.717, 1.165) is 22.5 Å². The Bertz CT molecular complexity index is 1170. The summed E-state index contributed by atoms with van der Waals surface area (Å²) in [5.74, 6) is -0.548. The minimum atomic E-state index is -3.92. The van der Waals surface area contributed by atoms with Crippen LogP contribution < -0.4 is 10.0 Å². The Morgan fingerprint density at radius 2 is 1.86 bits per heavy atom. The van der Waals surface area contributed by atoms with E-state index in [1.807, 2.05) is 31.2 Å². The predicted molar refractivity (Wildman–Crippen MR) is 114 cm³/mol. The van der Waals surface area contributed by atoms with Crippen LogP contribution in [0.1, 0.15) is 34.5 Å². The molecule has 0 saturated carbocycles. The Labute approximate surface area is 182 Å². The van der Waals surface area contributed by atoms with E-state index >= 15 is 0 Å². The zero-order chi connectivity index (χ0) is 21.2. The highest BCUT2D eigenvalue weighted by Gasteiger charge is 2.24. The molecule has 7 nitrogen and oxygen atoms in total. The average Bonchev–Trinajstić information content (AvgIpc) is 3.11. The number of halogens is 2. The van der Waals surface area contributed by atoms with Gasteiger partial charge in [-0.15, -0.1) is 10.2 Å². The first-order valence-electron chi connectivity index (χ1n) is 8.35. The highest BCUT2D eigenvalue weighted by Crippen LogP contribution is 2.26. The lowest BCUT2D eigenvalue weighted by Gasteiger charge is -2.15. The van der Waals surface area contributed by atoms with Crippen molar-refractivity contribution in [1.29, 1.82) is 0 Å². The molecule has 11 heteroatoms. The van der Waals surface area contributed by atoms with Crippen LogP contribution in [0.25, 0.3) is 0 Å². The van der Waals surface area contributed by atoms with Gasteiger partial charge in [0, 0.05) is 11.1 Å². The lowest BCUT2D eigenvalue weighted by molar-refractivity contribution is 0.102. The first-order chi connectivity index (χ1) is 13.7. The SMILES string of the molecule is Cc1ccccc1C(C)NS(=O)(=O)c1nnc(NC(=O)c2ccc(Cl)cc2Cl)s1. The molecule has 2 N–H and O–H groups in total. The van der Waals surface area contributed by atoms with Crippen molar-refractivity contribution in [2.75, 3.05) is 5.32 Å². The summed E-state index contributed by atoms with van der Waals surface area (Å²) in [5, 5.41) is 10.5. The predicted octanol–water partition coefficient (Wildman–Crippen LogP) is 4.45. The van der Waals surface area contributed by atoms with Crippen molar-refractivity contribution in [3.63, 3.8) is 0 Å². The lowest BCUT2D eigenvalue weighted by atomic mass is 10.0. The molecule has 0 spiro atoms. The number of carbonyl (C=O) groups excluding carboxylic acids is 1. The van der Waals surface area contributed by atoms with Gasteiger partial charge in [-0.25, -0.2) is 13.1 Å². The summed E-state index contributed by atoms with van der Waals surface area (Å²) in [6.45, 7) is 3.65. The maximum atomic E-state index is 12.6. The van der Waals surface area contributed by atoms with Crippen LogP contribution in [0.3, 0.4) is 0 Å². The van der Waals surface area contributed by atoms with Gasteiger partial charge in [0.25, 0.3) is 15.9 Å². The minimum absolute atomic E-state index is 0.0323. The summed E-state index contributed by atoms with van der Waals surface area (Å²) in [6, 6.07) is 11.4. The molecule has 0 aliphatic rings.